The second kappa shape index (κ2) is 8.57. The van der Waals surface area contributed by atoms with E-state index in [0.717, 1.165) is 31.9 Å². The Morgan fingerprint density at radius 1 is 1.07 bits per heavy atom. The van der Waals surface area contributed by atoms with Crippen LogP contribution >= 0.6 is 0 Å². The summed E-state index contributed by atoms with van der Waals surface area (Å²) in [5.74, 6) is 0.508. The molecule has 1 heterocycles. The summed E-state index contributed by atoms with van der Waals surface area (Å²) in [5, 5.41) is 3.13. The highest BCUT2D eigenvalue weighted by atomic mass is 16.2. The second-order valence-electron chi connectivity index (χ2n) is 7.92. The minimum atomic E-state index is 0.110. The molecule has 0 bridgehead atoms. The lowest BCUT2D eigenvalue weighted by Crippen LogP contribution is -3.15. The van der Waals surface area contributed by atoms with Gasteiger partial charge in [-0.25, -0.2) is 0 Å². The highest BCUT2D eigenvalue weighted by Crippen LogP contribution is 2.24. The number of nitrogens with one attached hydrogen (secondary N) is 2. The molecule has 1 saturated heterocycles. The molecule has 1 amide bonds. The van der Waals surface area contributed by atoms with E-state index in [2.05, 4.69) is 62.2 Å². The summed E-state index contributed by atoms with van der Waals surface area (Å²) in [6.07, 6.45) is 0. The Morgan fingerprint density at radius 2 is 1.78 bits per heavy atom. The number of piperazine rings is 1. The number of amides is 1. The van der Waals surface area contributed by atoms with Crippen LogP contribution < -0.4 is 15.1 Å². The summed E-state index contributed by atoms with van der Waals surface area (Å²) < 4.78 is 0. The molecule has 2 N–H and O–H groups in total. The van der Waals surface area contributed by atoms with Crippen molar-refractivity contribution in [3.63, 3.8) is 0 Å². The molecule has 0 unspecified atom stereocenters. The molecule has 4 nitrogen and oxygen atoms in total. The van der Waals surface area contributed by atoms with Gasteiger partial charge in [-0.2, -0.15) is 0 Å². The molecule has 0 aromatic heterocycles. The summed E-state index contributed by atoms with van der Waals surface area (Å²) in [5.41, 5.74) is 6.19. The van der Waals surface area contributed by atoms with Crippen LogP contribution in [0.4, 0.5) is 11.4 Å². The van der Waals surface area contributed by atoms with Crippen molar-refractivity contribution in [2.75, 3.05) is 42.9 Å². The lowest BCUT2D eigenvalue weighted by molar-refractivity contribution is -0.892. The van der Waals surface area contributed by atoms with E-state index in [9.17, 15) is 4.79 Å². The number of aryl methyl sites for hydroxylation is 1. The first kappa shape index (κ1) is 19.4. The fourth-order valence-electron chi connectivity index (χ4n) is 3.85. The van der Waals surface area contributed by atoms with Crippen LogP contribution in [0, 0.1) is 13.8 Å². The maximum Gasteiger partial charge on any atom is 0.279 e. The van der Waals surface area contributed by atoms with Crippen LogP contribution in [0.1, 0.15) is 36.5 Å². The molecule has 3 rings (SSSR count). The Balaban J connectivity index is 1.55. The monoisotopic (exact) mass is 366 g/mol. The van der Waals surface area contributed by atoms with Crippen molar-refractivity contribution >= 4 is 17.3 Å². The van der Waals surface area contributed by atoms with Crippen molar-refractivity contribution in [3.8, 4) is 0 Å². The zero-order chi connectivity index (χ0) is 19.4. The molecular weight excluding hydrogens is 334 g/mol. The maximum absolute atomic E-state index is 12.6. The van der Waals surface area contributed by atoms with Gasteiger partial charge in [-0.3, -0.25) is 4.79 Å². The molecule has 0 spiro atoms. The molecule has 1 fully saturated rings. The molecule has 0 atom stereocenters. The molecule has 144 valence electrons. The fraction of sp³-hybridized carbons (Fsp3) is 0.435. The quantitative estimate of drug-likeness (QED) is 0.854. The summed E-state index contributed by atoms with van der Waals surface area (Å²) in [4.78, 5) is 16.4. The number of rotatable bonds is 5. The van der Waals surface area contributed by atoms with Gasteiger partial charge in [0, 0.05) is 11.4 Å². The van der Waals surface area contributed by atoms with E-state index in [0.29, 0.717) is 12.5 Å². The highest BCUT2D eigenvalue weighted by molar-refractivity contribution is 5.92. The van der Waals surface area contributed by atoms with Gasteiger partial charge in [0.25, 0.3) is 5.91 Å². The van der Waals surface area contributed by atoms with E-state index < -0.39 is 0 Å². The summed E-state index contributed by atoms with van der Waals surface area (Å²) in [6.45, 7) is 13.2. The minimum Gasteiger partial charge on any atom is -0.360 e. The van der Waals surface area contributed by atoms with Crippen LogP contribution in [0.3, 0.4) is 0 Å². The Kier molecular flexibility index (Phi) is 6.17. The topological polar surface area (TPSA) is 36.8 Å². The van der Waals surface area contributed by atoms with Gasteiger partial charge in [0.05, 0.1) is 26.2 Å². The number of anilines is 2. The standard InChI is InChI=1S/C23H31N3O/c1-17(2)20-9-5-6-10-21(20)24-23(27)16-25-12-14-26(15-13-25)22-11-7-8-18(3)19(22)4/h5-11,17H,12-16H2,1-4H3,(H,24,27)/p+1. The van der Waals surface area contributed by atoms with Gasteiger partial charge in [0.1, 0.15) is 0 Å². The lowest BCUT2D eigenvalue weighted by Gasteiger charge is -2.34. The third-order valence-electron chi connectivity index (χ3n) is 5.65. The molecule has 0 saturated carbocycles. The predicted molar refractivity (Wildman–Crippen MR) is 113 cm³/mol. The predicted octanol–water partition coefficient (Wildman–Crippen LogP) is 2.77. The average Bonchev–Trinajstić information content (AvgIpc) is 2.65. The molecule has 0 radical (unpaired) electrons. The van der Waals surface area contributed by atoms with Gasteiger partial charge < -0.3 is 15.1 Å². The lowest BCUT2D eigenvalue weighted by atomic mass is 10.0. The van der Waals surface area contributed by atoms with Gasteiger partial charge in [-0.05, 0) is 48.6 Å². The van der Waals surface area contributed by atoms with Crippen molar-refractivity contribution in [3.05, 3.63) is 59.2 Å². The molecule has 1 aliphatic rings. The summed E-state index contributed by atoms with van der Waals surface area (Å²) in [7, 11) is 0. The van der Waals surface area contributed by atoms with Crippen molar-refractivity contribution in [2.24, 2.45) is 0 Å². The Morgan fingerprint density at radius 3 is 2.48 bits per heavy atom. The van der Waals surface area contributed by atoms with E-state index in [1.165, 1.54) is 27.3 Å². The third-order valence-corrected chi connectivity index (χ3v) is 5.65. The number of carbonyl (C=O) groups is 1. The van der Waals surface area contributed by atoms with Crippen molar-refractivity contribution in [1.29, 1.82) is 0 Å². The summed E-state index contributed by atoms with van der Waals surface area (Å²) >= 11 is 0. The van der Waals surface area contributed by atoms with Crippen LogP contribution in [0.15, 0.2) is 42.5 Å². The zero-order valence-electron chi connectivity index (χ0n) is 17.0. The van der Waals surface area contributed by atoms with Crippen LogP contribution in [0.25, 0.3) is 0 Å². The van der Waals surface area contributed by atoms with Crippen LogP contribution in [0.5, 0.6) is 0 Å². The second-order valence-corrected chi connectivity index (χ2v) is 7.92. The Hall–Kier alpha value is -2.33. The Labute approximate surface area is 163 Å². The number of carbonyl (C=O) groups excluding carboxylic acids is 1. The van der Waals surface area contributed by atoms with Crippen LogP contribution in [0.2, 0.25) is 0 Å². The molecule has 0 aliphatic carbocycles. The van der Waals surface area contributed by atoms with Gasteiger partial charge in [0.2, 0.25) is 0 Å². The van der Waals surface area contributed by atoms with Crippen molar-refractivity contribution in [2.45, 2.75) is 33.6 Å². The molecule has 2 aromatic rings. The SMILES string of the molecule is Cc1cccc(N2CC[NH+](CC(=O)Nc3ccccc3C(C)C)CC2)c1C. The van der Waals surface area contributed by atoms with Gasteiger partial charge in [-0.15, -0.1) is 0 Å². The molecule has 2 aromatic carbocycles. The first-order chi connectivity index (χ1) is 13.0. The number of benzene rings is 2. The van der Waals surface area contributed by atoms with E-state index in [-0.39, 0.29) is 5.91 Å². The fourth-order valence-corrected chi connectivity index (χ4v) is 3.85. The van der Waals surface area contributed by atoms with E-state index in [1.807, 2.05) is 18.2 Å². The molecule has 4 heteroatoms. The maximum atomic E-state index is 12.6. The van der Waals surface area contributed by atoms with Crippen LogP contribution in [-0.4, -0.2) is 38.6 Å². The van der Waals surface area contributed by atoms with Crippen molar-refractivity contribution < 1.29 is 9.69 Å². The number of nitrogens with zero attached hydrogens (tertiary/aromatic N) is 1. The minimum absolute atomic E-state index is 0.110. The van der Waals surface area contributed by atoms with Gasteiger partial charge in [0.15, 0.2) is 6.54 Å². The number of quaternary nitrogens is 1. The highest BCUT2D eigenvalue weighted by Gasteiger charge is 2.23. The normalized spacial score (nSPS) is 15.2. The van der Waals surface area contributed by atoms with E-state index in [4.69, 9.17) is 0 Å². The molecular formula is C23H32N3O+. The van der Waals surface area contributed by atoms with Crippen molar-refractivity contribution in [1.82, 2.24) is 0 Å². The smallest absolute Gasteiger partial charge is 0.279 e. The largest absolute Gasteiger partial charge is 0.360 e. The number of hydrogen-bond acceptors (Lipinski definition) is 2. The van der Waals surface area contributed by atoms with Gasteiger partial charge >= 0.3 is 0 Å². The van der Waals surface area contributed by atoms with E-state index in [1.54, 1.807) is 0 Å². The van der Waals surface area contributed by atoms with E-state index >= 15 is 0 Å². The number of hydrogen-bond donors (Lipinski definition) is 2. The first-order valence-electron chi connectivity index (χ1n) is 9.99. The zero-order valence-corrected chi connectivity index (χ0v) is 17.0. The Bertz CT molecular complexity index is 792. The molecule has 27 heavy (non-hydrogen) atoms. The molecule has 1 aliphatic heterocycles. The first-order valence-corrected chi connectivity index (χ1v) is 9.99. The van der Waals surface area contributed by atoms with Gasteiger partial charge in [-0.1, -0.05) is 44.2 Å². The van der Waals surface area contributed by atoms with Crippen LogP contribution in [-0.2, 0) is 4.79 Å². The number of para-hydroxylation sites is 1. The summed E-state index contributed by atoms with van der Waals surface area (Å²) in [6, 6.07) is 14.6. The third kappa shape index (κ3) is 4.69. The average molecular weight is 367 g/mol.